The van der Waals surface area contributed by atoms with Crippen LogP contribution >= 0.6 is 15.9 Å². The van der Waals surface area contributed by atoms with Crippen molar-refractivity contribution in [3.05, 3.63) is 40.6 Å². The van der Waals surface area contributed by atoms with E-state index in [1.54, 1.807) is 6.07 Å². The van der Waals surface area contributed by atoms with Crippen molar-refractivity contribution in [3.63, 3.8) is 0 Å². The Bertz CT molecular complexity index is 390. The molecule has 3 heteroatoms. The largest absolute Gasteiger partial charge is 0.382 e. The van der Waals surface area contributed by atoms with Crippen molar-refractivity contribution in [2.45, 2.75) is 19.3 Å². The van der Waals surface area contributed by atoms with E-state index in [4.69, 9.17) is 0 Å². The Morgan fingerprint density at radius 1 is 1.38 bits per heavy atom. The fourth-order valence-electron chi connectivity index (χ4n) is 1.93. The van der Waals surface area contributed by atoms with Crippen LogP contribution < -0.4 is 5.32 Å². The first-order valence-corrected chi connectivity index (χ1v) is 6.39. The number of rotatable bonds is 3. The van der Waals surface area contributed by atoms with E-state index in [0.29, 0.717) is 11.6 Å². The number of allylic oxidation sites excluding steroid dienone is 2. The highest BCUT2D eigenvalue weighted by atomic mass is 79.9. The molecule has 0 heterocycles. The Hall–Kier alpha value is -0.830. The molecule has 0 fully saturated rings. The monoisotopic (exact) mass is 283 g/mol. The van der Waals surface area contributed by atoms with Crippen LogP contribution in [0, 0.1) is 11.7 Å². The quantitative estimate of drug-likeness (QED) is 0.813. The SMILES string of the molecule is Fc1cc(Br)ccc1NCC1CC=CCC1. The summed E-state index contributed by atoms with van der Waals surface area (Å²) in [6.07, 6.45) is 7.88. The lowest BCUT2D eigenvalue weighted by molar-refractivity contribution is 0.502. The minimum absolute atomic E-state index is 0.194. The first-order chi connectivity index (χ1) is 7.75. The summed E-state index contributed by atoms with van der Waals surface area (Å²) in [6, 6.07) is 5.12. The van der Waals surface area contributed by atoms with Gasteiger partial charge in [-0.3, -0.25) is 0 Å². The average Bonchev–Trinajstić information content (AvgIpc) is 2.29. The summed E-state index contributed by atoms with van der Waals surface area (Å²) in [5.41, 5.74) is 0.595. The lowest BCUT2D eigenvalue weighted by atomic mass is 9.94. The molecular weight excluding hydrogens is 269 g/mol. The van der Waals surface area contributed by atoms with Crippen LogP contribution in [0.15, 0.2) is 34.8 Å². The number of halogens is 2. The van der Waals surface area contributed by atoms with Crippen molar-refractivity contribution < 1.29 is 4.39 Å². The molecule has 1 nitrogen and oxygen atoms in total. The van der Waals surface area contributed by atoms with E-state index in [0.717, 1.165) is 23.9 Å². The summed E-state index contributed by atoms with van der Waals surface area (Å²) in [5.74, 6) is 0.439. The highest BCUT2D eigenvalue weighted by molar-refractivity contribution is 9.10. The molecule has 1 aliphatic rings. The zero-order valence-electron chi connectivity index (χ0n) is 9.05. The van der Waals surface area contributed by atoms with Crippen LogP contribution in [0.3, 0.4) is 0 Å². The van der Waals surface area contributed by atoms with E-state index >= 15 is 0 Å². The van der Waals surface area contributed by atoms with Gasteiger partial charge in [0.05, 0.1) is 5.69 Å². The van der Waals surface area contributed by atoms with Crippen LogP contribution in [0.1, 0.15) is 19.3 Å². The molecule has 0 saturated carbocycles. The van der Waals surface area contributed by atoms with E-state index in [1.807, 2.05) is 6.07 Å². The average molecular weight is 284 g/mol. The fraction of sp³-hybridized carbons (Fsp3) is 0.385. The molecule has 2 rings (SSSR count). The van der Waals surface area contributed by atoms with Crippen molar-refractivity contribution in [1.29, 1.82) is 0 Å². The van der Waals surface area contributed by atoms with E-state index in [-0.39, 0.29) is 5.82 Å². The van der Waals surface area contributed by atoms with E-state index in [2.05, 4.69) is 33.4 Å². The van der Waals surface area contributed by atoms with Crippen LogP contribution in [0.5, 0.6) is 0 Å². The van der Waals surface area contributed by atoms with Crippen LogP contribution in [-0.2, 0) is 0 Å². The van der Waals surface area contributed by atoms with Crippen LogP contribution in [-0.4, -0.2) is 6.54 Å². The van der Waals surface area contributed by atoms with Gasteiger partial charge in [0.25, 0.3) is 0 Å². The Morgan fingerprint density at radius 3 is 2.94 bits per heavy atom. The molecule has 16 heavy (non-hydrogen) atoms. The molecule has 0 aromatic heterocycles. The Morgan fingerprint density at radius 2 is 2.25 bits per heavy atom. The van der Waals surface area contributed by atoms with E-state index in [1.165, 1.54) is 12.5 Å². The smallest absolute Gasteiger partial charge is 0.147 e. The van der Waals surface area contributed by atoms with Gasteiger partial charge in [0, 0.05) is 11.0 Å². The Labute approximate surface area is 104 Å². The Kier molecular flexibility index (Phi) is 3.99. The summed E-state index contributed by atoms with van der Waals surface area (Å²) in [5, 5.41) is 3.18. The minimum Gasteiger partial charge on any atom is -0.382 e. The minimum atomic E-state index is -0.194. The molecule has 0 amide bonds. The van der Waals surface area contributed by atoms with Gasteiger partial charge in [0.1, 0.15) is 5.82 Å². The molecule has 1 aliphatic carbocycles. The lowest BCUT2D eigenvalue weighted by Crippen LogP contribution is -2.15. The highest BCUT2D eigenvalue weighted by Gasteiger charge is 2.10. The van der Waals surface area contributed by atoms with Crippen molar-refractivity contribution >= 4 is 21.6 Å². The number of nitrogens with one attached hydrogen (secondary N) is 1. The molecule has 1 aromatic carbocycles. The Balaban J connectivity index is 1.91. The first kappa shape index (κ1) is 11.6. The maximum atomic E-state index is 13.5. The summed E-state index contributed by atoms with van der Waals surface area (Å²) in [6.45, 7) is 0.850. The second-order valence-electron chi connectivity index (χ2n) is 4.16. The number of benzene rings is 1. The molecule has 0 aliphatic heterocycles. The van der Waals surface area contributed by atoms with Gasteiger partial charge in [-0.2, -0.15) is 0 Å². The van der Waals surface area contributed by atoms with Crippen LogP contribution in [0.2, 0.25) is 0 Å². The van der Waals surface area contributed by atoms with Gasteiger partial charge >= 0.3 is 0 Å². The summed E-state index contributed by atoms with van der Waals surface area (Å²) in [7, 11) is 0. The zero-order valence-corrected chi connectivity index (χ0v) is 10.6. The third-order valence-corrected chi connectivity index (χ3v) is 3.38. The maximum Gasteiger partial charge on any atom is 0.147 e. The van der Waals surface area contributed by atoms with Crippen LogP contribution in [0.25, 0.3) is 0 Å². The predicted octanol–water partition coefficient (Wildman–Crippen LogP) is 4.36. The van der Waals surface area contributed by atoms with Gasteiger partial charge < -0.3 is 5.32 Å². The number of hydrogen-bond acceptors (Lipinski definition) is 1. The molecule has 86 valence electrons. The van der Waals surface area contributed by atoms with Crippen molar-refractivity contribution in [2.24, 2.45) is 5.92 Å². The van der Waals surface area contributed by atoms with E-state index < -0.39 is 0 Å². The van der Waals surface area contributed by atoms with Gasteiger partial charge in [-0.05, 0) is 43.4 Å². The second kappa shape index (κ2) is 5.48. The van der Waals surface area contributed by atoms with Crippen LogP contribution in [0.4, 0.5) is 10.1 Å². The topological polar surface area (TPSA) is 12.0 Å². The first-order valence-electron chi connectivity index (χ1n) is 5.59. The predicted molar refractivity (Wildman–Crippen MR) is 69.1 cm³/mol. The molecule has 0 bridgehead atoms. The van der Waals surface area contributed by atoms with Gasteiger partial charge in [-0.25, -0.2) is 4.39 Å². The molecular formula is C13H15BrFN. The highest BCUT2D eigenvalue weighted by Crippen LogP contribution is 2.22. The molecule has 1 N–H and O–H groups in total. The summed E-state index contributed by atoms with van der Waals surface area (Å²) >= 11 is 3.25. The van der Waals surface area contributed by atoms with E-state index in [9.17, 15) is 4.39 Å². The third kappa shape index (κ3) is 3.08. The molecule has 0 saturated heterocycles. The molecule has 1 unspecified atom stereocenters. The number of hydrogen-bond donors (Lipinski definition) is 1. The molecule has 0 spiro atoms. The summed E-state index contributed by atoms with van der Waals surface area (Å²) in [4.78, 5) is 0. The van der Waals surface area contributed by atoms with Gasteiger partial charge in [0.15, 0.2) is 0 Å². The standard InChI is InChI=1S/C13H15BrFN/c14-11-6-7-13(12(15)8-11)16-9-10-4-2-1-3-5-10/h1-2,6-8,10,16H,3-5,9H2. The lowest BCUT2D eigenvalue weighted by Gasteiger charge is -2.19. The summed E-state index contributed by atoms with van der Waals surface area (Å²) < 4.78 is 14.3. The zero-order chi connectivity index (χ0) is 11.4. The van der Waals surface area contributed by atoms with Gasteiger partial charge in [-0.15, -0.1) is 0 Å². The second-order valence-corrected chi connectivity index (χ2v) is 5.07. The van der Waals surface area contributed by atoms with Gasteiger partial charge in [0.2, 0.25) is 0 Å². The molecule has 1 aromatic rings. The maximum absolute atomic E-state index is 13.5. The van der Waals surface area contributed by atoms with Crippen molar-refractivity contribution in [2.75, 3.05) is 11.9 Å². The third-order valence-electron chi connectivity index (χ3n) is 2.89. The number of anilines is 1. The van der Waals surface area contributed by atoms with Crippen molar-refractivity contribution in [1.82, 2.24) is 0 Å². The van der Waals surface area contributed by atoms with Gasteiger partial charge in [-0.1, -0.05) is 28.1 Å². The molecule has 0 radical (unpaired) electrons. The van der Waals surface area contributed by atoms with Crippen molar-refractivity contribution in [3.8, 4) is 0 Å². The molecule has 1 atom stereocenters. The normalized spacial score (nSPS) is 19.8. The fourth-order valence-corrected chi connectivity index (χ4v) is 2.26.